The van der Waals surface area contributed by atoms with Crippen molar-refractivity contribution in [2.24, 2.45) is 11.8 Å². The van der Waals surface area contributed by atoms with E-state index in [0.29, 0.717) is 17.9 Å². The molecule has 0 aliphatic heterocycles. The van der Waals surface area contributed by atoms with E-state index < -0.39 is 11.1 Å². The van der Waals surface area contributed by atoms with Crippen molar-refractivity contribution >= 4 is 40.9 Å². The highest BCUT2D eigenvalue weighted by Crippen LogP contribution is 2.36. The molecule has 0 saturated heterocycles. The topological polar surface area (TPSA) is 55.4 Å². The average Bonchev–Trinajstić information content (AvgIpc) is 2.55. The fourth-order valence-corrected chi connectivity index (χ4v) is 3.44. The lowest BCUT2D eigenvalue weighted by molar-refractivity contribution is -0.144. The average molecular weight is 404 g/mol. The zero-order valence-corrected chi connectivity index (χ0v) is 17.5. The summed E-state index contributed by atoms with van der Waals surface area (Å²) in [5.74, 6) is -1.23. The number of benzene rings is 1. The Bertz CT molecular complexity index is 637. The van der Waals surface area contributed by atoms with Crippen molar-refractivity contribution in [3.8, 4) is 0 Å². The highest BCUT2D eigenvalue weighted by atomic mass is 35.5. The van der Waals surface area contributed by atoms with Crippen molar-refractivity contribution < 1.29 is 18.7 Å². The number of thioether (sulfide) groups is 1. The second kappa shape index (κ2) is 10.8. The summed E-state index contributed by atoms with van der Waals surface area (Å²) in [7, 11) is 0. The third-order valence-electron chi connectivity index (χ3n) is 3.45. The maximum atomic E-state index is 14.1. The third-order valence-corrected chi connectivity index (χ3v) is 5.17. The van der Waals surface area contributed by atoms with E-state index in [9.17, 15) is 14.0 Å². The van der Waals surface area contributed by atoms with Crippen molar-refractivity contribution in [1.82, 2.24) is 0 Å². The van der Waals surface area contributed by atoms with Crippen LogP contribution in [0.5, 0.6) is 0 Å². The Hall–Kier alpha value is -1.27. The molecular weight excluding hydrogens is 377 g/mol. The number of hydrogen-bond acceptors (Lipinski definition) is 4. The molecule has 0 aliphatic rings. The summed E-state index contributed by atoms with van der Waals surface area (Å²) in [6, 6.07) is 2.63. The molecule has 0 aromatic heterocycles. The lowest BCUT2D eigenvalue weighted by Gasteiger charge is -2.18. The Labute approximate surface area is 164 Å². The normalized spacial score (nSPS) is 12.3. The van der Waals surface area contributed by atoms with E-state index >= 15 is 0 Å². The van der Waals surface area contributed by atoms with Crippen LogP contribution in [0, 0.1) is 17.7 Å². The molecule has 1 atom stereocenters. The SMILES string of the molecule is CCCC(Sc1cc(NC(=O)C(C)C)c(F)cc1Cl)C(=O)OCC(C)C. The molecule has 0 saturated carbocycles. The number of anilines is 1. The first-order chi connectivity index (χ1) is 12.1. The first kappa shape index (κ1) is 22.8. The van der Waals surface area contributed by atoms with Crippen LogP contribution in [0.25, 0.3) is 0 Å². The van der Waals surface area contributed by atoms with Gasteiger partial charge in [-0.15, -0.1) is 11.8 Å². The zero-order valence-electron chi connectivity index (χ0n) is 15.9. The van der Waals surface area contributed by atoms with E-state index in [4.69, 9.17) is 16.3 Å². The van der Waals surface area contributed by atoms with Gasteiger partial charge in [0.1, 0.15) is 11.1 Å². The van der Waals surface area contributed by atoms with E-state index in [2.05, 4.69) is 5.32 Å². The molecule has 1 rings (SSSR count). The summed E-state index contributed by atoms with van der Waals surface area (Å²) in [4.78, 5) is 24.7. The molecule has 1 aromatic rings. The van der Waals surface area contributed by atoms with Gasteiger partial charge in [-0.2, -0.15) is 0 Å². The van der Waals surface area contributed by atoms with Gasteiger partial charge in [-0.3, -0.25) is 9.59 Å². The largest absolute Gasteiger partial charge is 0.465 e. The van der Waals surface area contributed by atoms with Crippen LogP contribution in [-0.4, -0.2) is 23.7 Å². The maximum Gasteiger partial charge on any atom is 0.319 e. The first-order valence-electron chi connectivity index (χ1n) is 8.78. The van der Waals surface area contributed by atoms with Gasteiger partial charge in [0.15, 0.2) is 0 Å². The summed E-state index contributed by atoms with van der Waals surface area (Å²) in [5, 5.41) is 2.32. The van der Waals surface area contributed by atoms with E-state index in [1.165, 1.54) is 17.8 Å². The maximum absolute atomic E-state index is 14.1. The lowest BCUT2D eigenvalue weighted by atomic mass is 10.2. The predicted octanol–water partition coefficient (Wildman–Crippen LogP) is 5.53. The van der Waals surface area contributed by atoms with Crippen molar-refractivity contribution in [3.05, 3.63) is 23.0 Å². The molecule has 0 fully saturated rings. The van der Waals surface area contributed by atoms with E-state index in [1.807, 2.05) is 20.8 Å². The molecule has 7 heteroatoms. The van der Waals surface area contributed by atoms with Crippen LogP contribution in [0.15, 0.2) is 17.0 Å². The second-order valence-electron chi connectivity index (χ2n) is 6.83. The molecule has 1 N–H and O–H groups in total. The fourth-order valence-electron chi connectivity index (χ4n) is 1.97. The zero-order chi connectivity index (χ0) is 19.9. The second-order valence-corrected chi connectivity index (χ2v) is 8.48. The smallest absolute Gasteiger partial charge is 0.319 e. The van der Waals surface area contributed by atoms with Gasteiger partial charge in [-0.25, -0.2) is 4.39 Å². The van der Waals surface area contributed by atoms with Crippen molar-refractivity contribution in [2.45, 2.75) is 57.6 Å². The Kier molecular flexibility index (Phi) is 9.44. The summed E-state index contributed by atoms with van der Waals surface area (Å²) in [6.07, 6.45) is 1.41. The molecule has 0 aliphatic carbocycles. The van der Waals surface area contributed by atoms with Gasteiger partial charge in [-0.1, -0.05) is 52.6 Å². The van der Waals surface area contributed by atoms with Crippen LogP contribution < -0.4 is 5.32 Å². The summed E-state index contributed by atoms with van der Waals surface area (Å²) in [5.41, 5.74) is 0.0568. The summed E-state index contributed by atoms with van der Waals surface area (Å²) in [6.45, 7) is 9.71. The van der Waals surface area contributed by atoms with Crippen LogP contribution in [-0.2, 0) is 14.3 Å². The molecule has 4 nitrogen and oxygen atoms in total. The van der Waals surface area contributed by atoms with Crippen LogP contribution in [0.2, 0.25) is 5.02 Å². The molecule has 0 heterocycles. The molecule has 0 spiro atoms. The molecule has 1 unspecified atom stereocenters. The van der Waals surface area contributed by atoms with Gasteiger partial charge < -0.3 is 10.1 Å². The minimum absolute atomic E-state index is 0.0568. The van der Waals surface area contributed by atoms with E-state index in [1.54, 1.807) is 13.8 Å². The van der Waals surface area contributed by atoms with E-state index in [0.717, 1.165) is 12.5 Å². The van der Waals surface area contributed by atoms with Gasteiger partial charge in [0, 0.05) is 10.8 Å². The minimum atomic E-state index is -0.609. The fraction of sp³-hybridized carbons (Fsp3) is 0.579. The molecule has 0 bridgehead atoms. The highest BCUT2D eigenvalue weighted by Gasteiger charge is 2.23. The third kappa shape index (κ3) is 7.16. The Balaban J connectivity index is 3.00. The number of carbonyl (C=O) groups is 2. The molecule has 146 valence electrons. The molecule has 1 aromatic carbocycles. The Morgan fingerprint density at radius 2 is 1.92 bits per heavy atom. The predicted molar refractivity (Wildman–Crippen MR) is 105 cm³/mol. The number of esters is 1. The number of hydrogen-bond donors (Lipinski definition) is 1. The number of carbonyl (C=O) groups excluding carboxylic acids is 2. The van der Waals surface area contributed by atoms with Crippen molar-refractivity contribution in [2.75, 3.05) is 11.9 Å². The highest BCUT2D eigenvalue weighted by molar-refractivity contribution is 8.00. The molecule has 26 heavy (non-hydrogen) atoms. The van der Waals surface area contributed by atoms with Crippen molar-refractivity contribution in [3.63, 3.8) is 0 Å². The molecule has 0 radical (unpaired) electrons. The minimum Gasteiger partial charge on any atom is -0.465 e. The first-order valence-corrected chi connectivity index (χ1v) is 10.0. The monoisotopic (exact) mass is 403 g/mol. The standard InChI is InChI=1S/C19H27ClFNO3S/c1-6-7-16(19(24)25-10-11(2)3)26-17-9-15(14(21)8-13(17)20)22-18(23)12(4)5/h8-9,11-12,16H,6-7,10H2,1-5H3,(H,22,23). The van der Waals surface area contributed by atoms with Gasteiger partial charge in [0.05, 0.1) is 17.3 Å². The quantitative estimate of drug-likeness (QED) is 0.434. The van der Waals surface area contributed by atoms with Gasteiger partial charge in [-0.05, 0) is 24.5 Å². The van der Waals surface area contributed by atoms with Crippen molar-refractivity contribution in [1.29, 1.82) is 0 Å². The number of halogens is 2. The van der Waals surface area contributed by atoms with Gasteiger partial charge in [0.2, 0.25) is 5.91 Å². The molecule has 1 amide bonds. The lowest BCUT2D eigenvalue weighted by Crippen LogP contribution is -2.22. The van der Waals surface area contributed by atoms with Crippen LogP contribution in [0.4, 0.5) is 10.1 Å². The summed E-state index contributed by atoms with van der Waals surface area (Å²) >= 11 is 7.38. The van der Waals surface area contributed by atoms with Crippen LogP contribution in [0.1, 0.15) is 47.5 Å². The van der Waals surface area contributed by atoms with Gasteiger partial charge >= 0.3 is 5.97 Å². The number of amides is 1. The Morgan fingerprint density at radius 3 is 2.46 bits per heavy atom. The van der Waals surface area contributed by atoms with E-state index in [-0.39, 0.29) is 34.4 Å². The Morgan fingerprint density at radius 1 is 1.27 bits per heavy atom. The number of nitrogens with one attached hydrogen (secondary N) is 1. The number of ether oxygens (including phenoxy) is 1. The van der Waals surface area contributed by atoms with Crippen LogP contribution >= 0.6 is 23.4 Å². The molecular formula is C19H27ClFNO3S. The van der Waals surface area contributed by atoms with Crippen LogP contribution in [0.3, 0.4) is 0 Å². The summed E-state index contributed by atoms with van der Waals surface area (Å²) < 4.78 is 19.4. The number of rotatable bonds is 9. The van der Waals surface area contributed by atoms with Gasteiger partial charge in [0.25, 0.3) is 0 Å².